The molecular formula is C10H9F3N2O. The van der Waals surface area contributed by atoms with Crippen LogP contribution in [-0.2, 0) is 11.0 Å². The van der Waals surface area contributed by atoms with E-state index < -0.39 is 17.6 Å². The Morgan fingerprint density at radius 1 is 1.31 bits per heavy atom. The van der Waals surface area contributed by atoms with Gasteiger partial charge in [-0.2, -0.15) is 13.2 Å². The molecule has 0 bridgehead atoms. The van der Waals surface area contributed by atoms with Crippen molar-refractivity contribution in [3.8, 4) is 0 Å². The Morgan fingerprint density at radius 2 is 1.94 bits per heavy atom. The highest BCUT2D eigenvalue weighted by atomic mass is 19.4. The summed E-state index contributed by atoms with van der Waals surface area (Å²) in [4.78, 5) is 10.4. The van der Waals surface area contributed by atoms with Crippen LogP contribution < -0.4 is 11.5 Å². The van der Waals surface area contributed by atoms with Crippen molar-refractivity contribution in [2.45, 2.75) is 6.18 Å². The fourth-order valence-corrected chi connectivity index (χ4v) is 1.10. The van der Waals surface area contributed by atoms with Crippen LogP contribution in [-0.4, -0.2) is 5.91 Å². The number of carbonyl (C=O) groups is 1. The number of anilines is 1. The smallest absolute Gasteiger partial charge is 0.398 e. The second-order valence-electron chi connectivity index (χ2n) is 3.08. The molecule has 0 aliphatic rings. The van der Waals surface area contributed by atoms with E-state index in [2.05, 4.69) is 0 Å². The maximum atomic E-state index is 12.4. The molecule has 86 valence electrons. The van der Waals surface area contributed by atoms with Crippen molar-refractivity contribution in [3.63, 3.8) is 0 Å². The van der Waals surface area contributed by atoms with E-state index in [1.165, 1.54) is 12.1 Å². The highest BCUT2D eigenvalue weighted by Gasteiger charge is 2.32. The molecule has 1 aromatic carbocycles. The van der Waals surface area contributed by atoms with Gasteiger partial charge in [0.2, 0.25) is 5.91 Å². The molecule has 6 heteroatoms. The fourth-order valence-electron chi connectivity index (χ4n) is 1.10. The van der Waals surface area contributed by atoms with Gasteiger partial charge in [0.05, 0.1) is 5.56 Å². The van der Waals surface area contributed by atoms with Gasteiger partial charge in [-0.1, -0.05) is 6.07 Å². The van der Waals surface area contributed by atoms with E-state index >= 15 is 0 Å². The molecule has 16 heavy (non-hydrogen) atoms. The van der Waals surface area contributed by atoms with E-state index in [4.69, 9.17) is 11.5 Å². The molecule has 0 radical (unpaired) electrons. The Morgan fingerprint density at radius 3 is 2.44 bits per heavy atom. The summed E-state index contributed by atoms with van der Waals surface area (Å²) >= 11 is 0. The molecule has 0 saturated heterocycles. The molecule has 0 aliphatic carbocycles. The van der Waals surface area contributed by atoms with E-state index in [1.54, 1.807) is 0 Å². The summed E-state index contributed by atoms with van der Waals surface area (Å²) in [5, 5.41) is 0. The van der Waals surface area contributed by atoms with Gasteiger partial charge in [0, 0.05) is 11.8 Å². The summed E-state index contributed by atoms with van der Waals surface area (Å²) in [7, 11) is 0. The third kappa shape index (κ3) is 3.01. The predicted octanol–water partition coefficient (Wildman–Crippen LogP) is 1.79. The average molecular weight is 230 g/mol. The molecule has 1 aromatic rings. The van der Waals surface area contributed by atoms with E-state index in [-0.39, 0.29) is 11.3 Å². The van der Waals surface area contributed by atoms with Crippen molar-refractivity contribution >= 4 is 17.7 Å². The van der Waals surface area contributed by atoms with Crippen LogP contribution in [0.1, 0.15) is 11.1 Å². The Hall–Kier alpha value is -1.98. The third-order valence-corrected chi connectivity index (χ3v) is 1.82. The molecule has 0 spiro atoms. The standard InChI is InChI=1S/C10H9F3N2O/c11-10(12,13)7-5-6(1-3-8(7)14)2-4-9(15)16/h1-5H,14H2,(H2,15,16). The number of amides is 1. The van der Waals surface area contributed by atoms with Crippen LogP contribution in [0.25, 0.3) is 6.08 Å². The third-order valence-electron chi connectivity index (χ3n) is 1.82. The first kappa shape index (κ1) is 12.1. The zero-order valence-electron chi connectivity index (χ0n) is 8.08. The predicted molar refractivity (Wildman–Crippen MR) is 54.1 cm³/mol. The SMILES string of the molecule is NC(=O)C=Cc1ccc(N)c(C(F)(F)F)c1. The topological polar surface area (TPSA) is 69.1 Å². The molecule has 0 atom stereocenters. The Kier molecular flexibility index (Phi) is 3.22. The van der Waals surface area contributed by atoms with Gasteiger partial charge in [-0.3, -0.25) is 4.79 Å². The molecule has 3 nitrogen and oxygen atoms in total. The number of hydrogen-bond acceptors (Lipinski definition) is 2. The van der Waals surface area contributed by atoms with E-state index in [0.717, 1.165) is 18.2 Å². The lowest BCUT2D eigenvalue weighted by Gasteiger charge is -2.10. The zero-order valence-corrected chi connectivity index (χ0v) is 8.08. The van der Waals surface area contributed by atoms with E-state index in [0.29, 0.717) is 0 Å². The van der Waals surface area contributed by atoms with Gasteiger partial charge < -0.3 is 11.5 Å². The first-order chi connectivity index (χ1) is 7.30. The monoisotopic (exact) mass is 230 g/mol. The van der Waals surface area contributed by atoms with Gasteiger partial charge in [-0.05, 0) is 23.8 Å². The lowest BCUT2D eigenvalue weighted by molar-refractivity contribution is -0.136. The molecule has 0 saturated carbocycles. The summed E-state index contributed by atoms with van der Waals surface area (Å²) in [6, 6.07) is 3.35. The van der Waals surface area contributed by atoms with Crippen molar-refractivity contribution < 1.29 is 18.0 Å². The number of halogens is 3. The molecule has 0 unspecified atom stereocenters. The van der Waals surface area contributed by atoms with Crippen LogP contribution >= 0.6 is 0 Å². The minimum atomic E-state index is -4.51. The van der Waals surface area contributed by atoms with Gasteiger partial charge in [0.1, 0.15) is 0 Å². The van der Waals surface area contributed by atoms with Crippen molar-refractivity contribution in [3.05, 3.63) is 35.4 Å². The van der Waals surface area contributed by atoms with Gasteiger partial charge in [-0.25, -0.2) is 0 Å². The Bertz CT molecular complexity index is 438. The fraction of sp³-hybridized carbons (Fsp3) is 0.100. The maximum absolute atomic E-state index is 12.4. The number of alkyl halides is 3. The van der Waals surface area contributed by atoms with Crippen LogP contribution in [0.15, 0.2) is 24.3 Å². The Balaban J connectivity index is 3.13. The van der Waals surface area contributed by atoms with Crippen LogP contribution in [0.4, 0.5) is 18.9 Å². The highest BCUT2D eigenvalue weighted by Crippen LogP contribution is 2.34. The van der Waals surface area contributed by atoms with Gasteiger partial charge >= 0.3 is 6.18 Å². The van der Waals surface area contributed by atoms with E-state index in [9.17, 15) is 18.0 Å². The molecule has 1 rings (SSSR count). The molecule has 0 fully saturated rings. The second kappa shape index (κ2) is 4.26. The summed E-state index contributed by atoms with van der Waals surface area (Å²) in [5.74, 6) is -0.731. The molecule has 4 N–H and O–H groups in total. The number of benzene rings is 1. The first-order valence-corrected chi connectivity index (χ1v) is 4.25. The Labute approximate surface area is 89.5 Å². The molecule has 0 aromatic heterocycles. The van der Waals surface area contributed by atoms with E-state index in [1.807, 2.05) is 0 Å². The summed E-state index contributed by atoms with van der Waals surface area (Å²) in [6.45, 7) is 0. The molecular weight excluding hydrogens is 221 g/mol. The number of nitrogen functional groups attached to an aromatic ring is 1. The number of carbonyl (C=O) groups excluding carboxylic acids is 1. The molecule has 0 heterocycles. The van der Waals surface area contributed by atoms with Crippen molar-refractivity contribution in [2.75, 3.05) is 5.73 Å². The normalized spacial score (nSPS) is 11.9. The minimum absolute atomic E-state index is 0.209. The number of rotatable bonds is 2. The van der Waals surface area contributed by atoms with Gasteiger partial charge in [0.25, 0.3) is 0 Å². The van der Waals surface area contributed by atoms with Crippen LogP contribution in [0.3, 0.4) is 0 Å². The maximum Gasteiger partial charge on any atom is 0.418 e. The van der Waals surface area contributed by atoms with Crippen molar-refractivity contribution in [1.29, 1.82) is 0 Å². The largest absolute Gasteiger partial charge is 0.418 e. The number of nitrogens with two attached hydrogens (primary N) is 2. The summed E-state index contributed by atoms with van der Waals surface area (Å²) in [5.41, 5.74) is 8.94. The quantitative estimate of drug-likeness (QED) is 0.600. The highest BCUT2D eigenvalue weighted by molar-refractivity contribution is 5.90. The summed E-state index contributed by atoms with van der Waals surface area (Å²) < 4.78 is 37.3. The first-order valence-electron chi connectivity index (χ1n) is 4.25. The van der Waals surface area contributed by atoms with Crippen molar-refractivity contribution in [1.82, 2.24) is 0 Å². The van der Waals surface area contributed by atoms with Gasteiger partial charge in [-0.15, -0.1) is 0 Å². The van der Waals surface area contributed by atoms with Gasteiger partial charge in [0.15, 0.2) is 0 Å². The number of hydrogen-bond donors (Lipinski definition) is 2. The minimum Gasteiger partial charge on any atom is -0.398 e. The molecule has 1 amide bonds. The molecule has 0 aliphatic heterocycles. The van der Waals surface area contributed by atoms with Crippen LogP contribution in [0.2, 0.25) is 0 Å². The lowest BCUT2D eigenvalue weighted by Crippen LogP contribution is -2.09. The summed E-state index contributed by atoms with van der Waals surface area (Å²) in [6.07, 6.45) is -2.34. The second-order valence-corrected chi connectivity index (χ2v) is 3.08. The zero-order chi connectivity index (χ0) is 12.3. The lowest BCUT2D eigenvalue weighted by atomic mass is 10.1. The average Bonchev–Trinajstić information content (AvgIpc) is 2.14. The number of primary amides is 1. The van der Waals surface area contributed by atoms with Crippen molar-refractivity contribution in [2.24, 2.45) is 5.73 Å². The van der Waals surface area contributed by atoms with Crippen LogP contribution in [0.5, 0.6) is 0 Å². The van der Waals surface area contributed by atoms with Crippen LogP contribution in [0, 0.1) is 0 Å².